The Kier molecular flexibility index (Phi) is 3.47. The number of nitrogens with two attached hydrogens (primary N) is 1. The van der Waals surface area contributed by atoms with Crippen LogP contribution in [0.2, 0.25) is 0 Å². The average Bonchev–Trinajstić information content (AvgIpc) is 2.11. The fourth-order valence-corrected chi connectivity index (χ4v) is 1.48. The van der Waals surface area contributed by atoms with Crippen LogP contribution in [0.25, 0.3) is 0 Å². The highest BCUT2D eigenvalue weighted by Crippen LogP contribution is 2.27. The molecule has 0 radical (unpaired) electrons. The van der Waals surface area contributed by atoms with E-state index in [0.29, 0.717) is 17.7 Å². The Labute approximate surface area is 83.6 Å². The minimum Gasteiger partial charge on any atom is -0.508 e. The quantitative estimate of drug-likeness (QED) is 0.781. The van der Waals surface area contributed by atoms with Gasteiger partial charge in [0.2, 0.25) is 0 Å². The van der Waals surface area contributed by atoms with Gasteiger partial charge >= 0.3 is 0 Å². The third kappa shape index (κ3) is 2.23. The van der Waals surface area contributed by atoms with Crippen LogP contribution in [0, 0.1) is 12.7 Å². The highest BCUT2D eigenvalue weighted by atomic mass is 19.1. The normalized spacial score (nSPS) is 12.9. The number of rotatable bonds is 3. The molecule has 0 amide bonds. The van der Waals surface area contributed by atoms with E-state index >= 15 is 0 Å². The summed E-state index contributed by atoms with van der Waals surface area (Å²) in [6, 6.07) is 2.85. The number of aromatic hydroxyl groups is 1. The molecule has 0 saturated heterocycles. The van der Waals surface area contributed by atoms with Crippen molar-refractivity contribution in [2.24, 2.45) is 5.73 Å². The number of hydrogen-bond donors (Lipinski definition) is 2. The van der Waals surface area contributed by atoms with E-state index in [-0.39, 0.29) is 17.5 Å². The van der Waals surface area contributed by atoms with Crippen molar-refractivity contribution in [3.63, 3.8) is 0 Å². The second kappa shape index (κ2) is 4.42. The van der Waals surface area contributed by atoms with Gasteiger partial charge in [-0.15, -0.1) is 0 Å². The van der Waals surface area contributed by atoms with Gasteiger partial charge < -0.3 is 10.8 Å². The lowest BCUT2D eigenvalue weighted by atomic mass is 9.95. The van der Waals surface area contributed by atoms with Crippen molar-refractivity contribution in [2.45, 2.75) is 26.2 Å². The Bertz CT molecular complexity index is 325. The summed E-state index contributed by atoms with van der Waals surface area (Å²) < 4.78 is 13.4. The molecule has 3 N–H and O–H groups in total. The minimum absolute atomic E-state index is 0.00574. The fourth-order valence-electron chi connectivity index (χ4n) is 1.48. The molecule has 1 atom stereocenters. The van der Waals surface area contributed by atoms with Gasteiger partial charge in [0.1, 0.15) is 11.6 Å². The molecule has 0 bridgehead atoms. The Morgan fingerprint density at radius 2 is 2.14 bits per heavy atom. The summed E-state index contributed by atoms with van der Waals surface area (Å²) in [6.45, 7) is 4.23. The SMILES string of the molecule is Cc1cc(C(C)CCN)c(F)cc1O. The van der Waals surface area contributed by atoms with Crippen LogP contribution in [0.3, 0.4) is 0 Å². The van der Waals surface area contributed by atoms with Gasteiger partial charge in [-0.1, -0.05) is 6.92 Å². The van der Waals surface area contributed by atoms with E-state index in [2.05, 4.69) is 0 Å². The maximum atomic E-state index is 13.4. The molecule has 14 heavy (non-hydrogen) atoms. The Morgan fingerprint density at radius 1 is 1.50 bits per heavy atom. The van der Waals surface area contributed by atoms with E-state index in [1.807, 2.05) is 6.92 Å². The zero-order valence-corrected chi connectivity index (χ0v) is 8.55. The van der Waals surface area contributed by atoms with Gasteiger partial charge in [0.05, 0.1) is 0 Å². The van der Waals surface area contributed by atoms with Crippen molar-refractivity contribution < 1.29 is 9.50 Å². The van der Waals surface area contributed by atoms with Crippen LogP contribution in [-0.2, 0) is 0 Å². The Balaban J connectivity index is 3.02. The third-order valence-corrected chi connectivity index (χ3v) is 2.45. The monoisotopic (exact) mass is 197 g/mol. The lowest BCUT2D eigenvalue weighted by Crippen LogP contribution is -2.06. The first-order valence-corrected chi connectivity index (χ1v) is 4.75. The lowest BCUT2D eigenvalue weighted by Gasteiger charge is -2.13. The van der Waals surface area contributed by atoms with Crippen molar-refractivity contribution in [3.05, 3.63) is 29.1 Å². The van der Waals surface area contributed by atoms with Crippen molar-refractivity contribution >= 4 is 0 Å². The second-order valence-electron chi connectivity index (χ2n) is 3.64. The van der Waals surface area contributed by atoms with Gasteiger partial charge in [0.15, 0.2) is 0 Å². The van der Waals surface area contributed by atoms with E-state index in [1.165, 1.54) is 0 Å². The molecule has 1 unspecified atom stereocenters. The van der Waals surface area contributed by atoms with Crippen molar-refractivity contribution in [3.8, 4) is 5.75 Å². The fraction of sp³-hybridized carbons (Fsp3) is 0.455. The molecule has 1 rings (SSSR count). The number of hydrogen-bond acceptors (Lipinski definition) is 2. The van der Waals surface area contributed by atoms with E-state index in [1.54, 1.807) is 13.0 Å². The van der Waals surface area contributed by atoms with Crippen molar-refractivity contribution in [1.82, 2.24) is 0 Å². The number of benzene rings is 1. The molecule has 0 aliphatic carbocycles. The zero-order valence-electron chi connectivity index (χ0n) is 8.55. The van der Waals surface area contributed by atoms with E-state index in [0.717, 1.165) is 12.5 Å². The van der Waals surface area contributed by atoms with Crippen LogP contribution in [0.5, 0.6) is 5.75 Å². The van der Waals surface area contributed by atoms with Crippen LogP contribution in [0.1, 0.15) is 30.4 Å². The van der Waals surface area contributed by atoms with Crippen LogP contribution >= 0.6 is 0 Å². The number of phenols is 1. The maximum absolute atomic E-state index is 13.4. The van der Waals surface area contributed by atoms with Crippen molar-refractivity contribution in [1.29, 1.82) is 0 Å². The summed E-state index contributed by atoms with van der Waals surface area (Å²) in [6.07, 6.45) is 0.751. The highest BCUT2D eigenvalue weighted by molar-refractivity contribution is 5.37. The third-order valence-electron chi connectivity index (χ3n) is 2.45. The van der Waals surface area contributed by atoms with Gasteiger partial charge in [0, 0.05) is 6.07 Å². The van der Waals surface area contributed by atoms with Gasteiger partial charge in [-0.3, -0.25) is 0 Å². The molecule has 1 aromatic rings. The molecule has 0 spiro atoms. The van der Waals surface area contributed by atoms with Gasteiger partial charge in [-0.05, 0) is 43.0 Å². The van der Waals surface area contributed by atoms with E-state index in [4.69, 9.17) is 5.73 Å². The average molecular weight is 197 g/mol. The summed E-state index contributed by atoms with van der Waals surface area (Å²) in [7, 11) is 0. The smallest absolute Gasteiger partial charge is 0.130 e. The highest BCUT2D eigenvalue weighted by Gasteiger charge is 2.12. The maximum Gasteiger partial charge on any atom is 0.130 e. The van der Waals surface area contributed by atoms with Crippen molar-refractivity contribution in [2.75, 3.05) is 6.54 Å². The first kappa shape index (κ1) is 11.0. The first-order chi connectivity index (χ1) is 6.56. The molecule has 0 aromatic heterocycles. The molecule has 0 aliphatic heterocycles. The number of halogens is 1. The first-order valence-electron chi connectivity index (χ1n) is 4.75. The lowest BCUT2D eigenvalue weighted by molar-refractivity contribution is 0.462. The standard InChI is InChI=1S/C11H16FNO/c1-7(3-4-13)9-5-8(2)11(14)6-10(9)12/h5-7,14H,3-4,13H2,1-2H3. The largest absolute Gasteiger partial charge is 0.508 e. The zero-order chi connectivity index (χ0) is 10.7. The van der Waals surface area contributed by atoms with E-state index < -0.39 is 0 Å². The molecule has 0 heterocycles. The van der Waals surface area contributed by atoms with Crippen LogP contribution in [0.4, 0.5) is 4.39 Å². The Hall–Kier alpha value is -1.09. The minimum atomic E-state index is -0.353. The van der Waals surface area contributed by atoms with Crippen LogP contribution < -0.4 is 5.73 Å². The molecule has 0 aliphatic rings. The van der Waals surface area contributed by atoms with Gasteiger partial charge in [-0.2, -0.15) is 0 Å². The molecule has 78 valence electrons. The number of aryl methyl sites for hydroxylation is 1. The molecule has 0 saturated carbocycles. The summed E-state index contributed by atoms with van der Waals surface area (Å²) in [5.41, 5.74) is 6.74. The molecule has 3 heteroatoms. The summed E-state index contributed by atoms with van der Waals surface area (Å²) in [5.74, 6) is -0.250. The van der Waals surface area contributed by atoms with Crippen LogP contribution in [0.15, 0.2) is 12.1 Å². The summed E-state index contributed by atoms with van der Waals surface area (Å²) in [5, 5.41) is 9.27. The van der Waals surface area contributed by atoms with Gasteiger partial charge in [-0.25, -0.2) is 4.39 Å². The summed E-state index contributed by atoms with van der Waals surface area (Å²) >= 11 is 0. The second-order valence-corrected chi connectivity index (χ2v) is 3.64. The van der Waals surface area contributed by atoms with Crippen LogP contribution in [-0.4, -0.2) is 11.7 Å². The predicted molar refractivity (Wildman–Crippen MR) is 54.9 cm³/mol. The molecular weight excluding hydrogens is 181 g/mol. The van der Waals surface area contributed by atoms with E-state index in [9.17, 15) is 9.50 Å². The number of phenolic OH excluding ortho intramolecular Hbond substituents is 1. The molecule has 2 nitrogen and oxygen atoms in total. The predicted octanol–water partition coefficient (Wildman–Crippen LogP) is 2.29. The topological polar surface area (TPSA) is 46.2 Å². The Morgan fingerprint density at radius 3 is 2.71 bits per heavy atom. The summed E-state index contributed by atoms with van der Waals surface area (Å²) in [4.78, 5) is 0. The molecule has 1 aromatic carbocycles. The molecular formula is C11H16FNO. The molecule has 0 fully saturated rings. The van der Waals surface area contributed by atoms with Gasteiger partial charge in [0.25, 0.3) is 0 Å².